The average Bonchev–Trinajstić information content (AvgIpc) is 2.84. The van der Waals surface area contributed by atoms with E-state index in [1.807, 2.05) is 0 Å². The number of aliphatic hydroxyl groups excluding tert-OH is 6. The van der Waals surface area contributed by atoms with Crippen LogP contribution in [0.3, 0.4) is 0 Å². The normalized spacial score (nSPS) is 17.6. The Balaban J connectivity index is 0.000000602. The van der Waals surface area contributed by atoms with Gasteiger partial charge in [0.15, 0.2) is 11.6 Å². The van der Waals surface area contributed by atoms with E-state index in [0.29, 0.717) is 11.1 Å². The first-order valence-electron chi connectivity index (χ1n) is 9.74. The quantitative estimate of drug-likeness (QED) is 0.117. The van der Waals surface area contributed by atoms with Crippen LogP contribution in [-0.2, 0) is 26.7 Å². The second-order valence-electron chi connectivity index (χ2n) is 7.16. The summed E-state index contributed by atoms with van der Waals surface area (Å²) in [5.41, 5.74) is -1.60. The number of ketones is 2. The summed E-state index contributed by atoms with van der Waals surface area (Å²) in [6.45, 7) is -2.60. The second-order valence-corrected chi connectivity index (χ2v) is 7.16. The minimum absolute atomic E-state index is 0. The molecule has 0 atom stereocenters. The van der Waals surface area contributed by atoms with Crippen molar-refractivity contribution in [3.8, 4) is 0 Å². The topological polar surface area (TPSA) is 180 Å². The fourth-order valence-corrected chi connectivity index (χ4v) is 2.24. The van der Waals surface area contributed by atoms with Crippen molar-refractivity contribution in [1.82, 2.24) is 10.6 Å². The molecule has 0 aromatic heterocycles. The molecule has 2 aliphatic rings. The van der Waals surface area contributed by atoms with Crippen LogP contribution < -0.4 is 10.6 Å². The molecule has 0 amide bonds. The largest absolute Gasteiger partial charge is 0.394 e. The predicted molar refractivity (Wildman–Crippen MR) is 117 cm³/mol. The van der Waals surface area contributed by atoms with Crippen LogP contribution in [0, 0.1) is 0 Å². The van der Waals surface area contributed by atoms with Crippen LogP contribution in [0.5, 0.6) is 0 Å². The monoisotopic (exact) mass is 513 g/mol. The molecule has 33 heavy (non-hydrogen) atoms. The summed E-state index contributed by atoms with van der Waals surface area (Å²) in [6, 6.07) is 0. The molecule has 0 aromatic carbocycles. The third-order valence-corrected chi connectivity index (χ3v) is 4.72. The van der Waals surface area contributed by atoms with Crippen molar-refractivity contribution < 1.29 is 57.3 Å². The fourth-order valence-electron chi connectivity index (χ4n) is 2.24. The molecule has 0 spiro atoms. The van der Waals surface area contributed by atoms with Crippen LogP contribution in [0.1, 0.15) is 0 Å². The Morgan fingerprint density at radius 2 is 0.848 bits per heavy atom. The summed E-state index contributed by atoms with van der Waals surface area (Å²) in [6.07, 6.45) is 15.4. The van der Waals surface area contributed by atoms with Gasteiger partial charge < -0.3 is 41.3 Å². The van der Waals surface area contributed by atoms with Gasteiger partial charge in [0.05, 0.1) is 39.6 Å². The van der Waals surface area contributed by atoms with Crippen molar-refractivity contribution in [2.24, 2.45) is 0 Å². The third kappa shape index (κ3) is 9.20. The average molecular weight is 514 g/mol. The van der Waals surface area contributed by atoms with E-state index in [4.69, 9.17) is 30.6 Å². The predicted octanol–water partition coefficient (Wildman–Crippen LogP) is -2.26. The molecule has 1 radical (unpaired) electrons. The van der Waals surface area contributed by atoms with E-state index in [0.717, 1.165) is 0 Å². The van der Waals surface area contributed by atoms with Gasteiger partial charge in [-0.15, -0.1) is 0 Å². The van der Waals surface area contributed by atoms with E-state index in [9.17, 15) is 9.59 Å². The van der Waals surface area contributed by atoms with Crippen molar-refractivity contribution in [3.63, 3.8) is 0 Å². The van der Waals surface area contributed by atoms with E-state index >= 15 is 0 Å². The molecular formula is C22H30CuN2O8. The molecule has 0 saturated heterocycles. The molecule has 10 nitrogen and oxygen atoms in total. The number of hydrogen-bond acceptors (Lipinski definition) is 10. The van der Waals surface area contributed by atoms with Gasteiger partial charge in [-0.25, -0.2) is 0 Å². The van der Waals surface area contributed by atoms with Gasteiger partial charge in [0.25, 0.3) is 0 Å². The molecule has 2 aliphatic carbocycles. The Kier molecular flexibility index (Phi) is 14.4. The van der Waals surface area contributed by atoms with Crippen LogP contribution in [0.15, 0.2) is 72.2 Å². The molecule has 0 aromatic rings. The van der Waals surface area contributed by atoms with Gasteiger partial charge in [-0.1, -0.05) is 24.3 Å². The summed E-state index contributed by atoms with van der Waals surface area (Å²) in [5, 5.41) is 59.6. The number of aliphatic hydroxyl groups is 6. The summed E-state index contributed by atoms with van der Waals surface area (Å²) in [7, 11) is 0. The maximum Gasteiger partial charge on any atom is 0.187 e. The van der Waals surface area contributed by atoms with Gasteiger partial charge in [0.2, 0.25) is 0 Å². The maximum absolute atomic E-state index is 11.3. The molecule has 2 rings (SSSR count). The van der Waals surface area contributed by atoms with E-state index in [-0.39, 0.29) is 28.6 Å². The number of nitrogens with one attached hydrogen (secondary N) is 2. The van der Waals surface area contributed by atoms with Crippen molar-refractivity contribution >= 4 is 11.6 Å². The standard InChI is InChI=1S/2C11H15NO4.Cu/c2*13-6-11(7-14,8-15)12-5-9-3-1-2-4-10(9)16;/h2*1-5,12-15H,6-8H2;/b9-5+;9-5-;. The zero-order chi connectivity index (χ0) is 24.0. The Morgan fingerprint density at radius 1 is 0.576 bits per heavy atom. The molecule has 0 saturated carbocycles. The van der Waals surface area contributed by atoms with Gasteiger partial charge in [0.1, 0.15) is 11.1 Å². The van der Waals surface area contributed by atoms with Crippen molar-refractivity contribution in [2.45, 2.75) is 11.1 Å². The zero-order valence-corrected chi connectivity index (χ0v) is 18.8. The van der Waals surface area contributed by atoms with E-state index in [1.54, 1.807) is 36.5 Å². The van der Waals surface area contributed by atoms with E-state index in [2.05, 4.69) is 10.6 Å². The molecular weight excluding hydrogens is 484 g/mol. The SMILES string of the molecule is O=C1C=CC=C/C1=C/NC(CO)(CO)CO.O=C1C=CC=C/C1=C\NC(CO)(CO)CO.[Cu]. The van der Waals surface area contributed by atoms with Gasteiger partial charge in [-0.3, -0.25) is 9.59 Å². The van der Waals surface area contributed by atoms with Crippen LogP contribution in [0.25, 0.3) is 0 Å². The molecule has 0 heterocycles. The maximum atomic E-state index is 11.3. The minimum Gasteiger partial charge on any atom is -0.394 e. The zero-order valence-electron chi connectivity index (χ0n) is 17.8. The molecule has 187 valence electrons. The van der Waals surface area contributed by atoms with Crippen molar-refractivity contribution in [2.75, 3.05) is 39.6 Å². The number of carbonyl (C=O) groups is 2. The van der Waals surface area contributed by atoms with Crippen LogP contribution in [-0.4, -0.2) is 92.9 Å². The number of allylic oxidation sites excluding steroid dienone is 10. The fraction of sp³-hybridized carbons (Fsp3) is 0.364. The Morgan fingerprint density at radius 3 is 1.09 bits per heavy atom. The van der Waals surface area contributed by atoms with E-state index in [1.165, 1.54) is 24.6 Å². The Labute approximate surface area is 202 Å². The van der Waals surface area contributed by atoms with Gasteiger partial charge in [0, 0.05) is 40.6 Å². The molecule has 0 fully saturated rings. The number of hydrogen-bond donors (Lipinski definition) is 8. The molecule has 0 unspecified atom stereocenters. The number of carbonyl (C=O) groups excluding carboxylic acids is 2. The molecule has 0 bridgehead atoms. The van der Waals surface area contributed by atoms with Gasteiger partial charge >= 0.3 is 0 Å². The molecule has 0 aliphatic heterocycles. The van der Waals surface area contributed by atoms with Gasteiger partial charge in [-0.05, 0) is 24.3 Å². The van der Waals surface area contributed by atoms with Crippen LogP contribution >= 0.6 is 0 Å². The van der Waals surface area contributed by atoms with Crippen LogP contribution in [0.2, 0.25) is 0 Å². The summed E-state index contributed by atoms with van der Waals surface area (Å²) in [5.74, 6) is -0.338. The molecule has 11 heteroatoms. The van der Waals surface area contributed by atoms with Crippen molar-refractivity contribution in [1.29, 1.82) is 0 Å². The number of rotatable bonds is 10. The first-order chi connectivity index (χ1) is 15.3. The summed E-state index contributed by atoms with van der Waals surface area (Å²) in [4.78, 5) is 22.7. The first-order valence-corrected chi connectivity index (χ1v) is 9.74. The van der Waals surface area contributed by atoms with Crippen LogP contribution in [0.4, 0.5) is 0 Å². The minimum atomic E-state index is -1.21. The first kappa shape index (κ1) is 30.7. The Hall–Kier alpha value is -2.34. The summed E-state index contributed by atoms with van der Waals surface area (Å²) < 4.78 is 0. The smallest absolute Gasteiger partial charge is 0.187 e. The second kappa shape index (κ2) is 15.5. The molecule has 8 N–H and O–H groups in total. The van der Waals surface area contributed by atoms with Gasteiger partial charge in [-0.2, -0.15) is 0 Å². The third-order valence-electron chi connectivity index (χ3n) is 4.72. The van der Waals surface area contributed by atoms with E-state index < -0.39 is 50.7 Å². The Bertz CT molecular complexity index is 738. The summed E-state index contributed by atoms with van der Waals surface area (Å²) >= 11 is 0. The van der Waals surface area contributed by atoms with Crippen molar-refractivity contribution in [3.05, 3.63) is 72.2 Å².